The number of carbonyl (C=O) groups is 1. The molecule has 9 nitrogen and oxygen atoms in total. The molecule has 4 rings (SSSR count). The van der Waals surface area contributed by atoms with Crippen LogP contribution in [0.2, 0.25) is 0 Å². The highest BCUT2D eigenvalue weighted by Crippen LogP contribution is 2.26. The summed E-state index contributed by atoms with van der Waals surface area (Å²) in [5.74, 6) is -0.200. The van der Waals surface area contributed by atoms with Gasteiger partial charge in [0.25, 0.3) is 5.91 Å². The number of nitrogens with zero attached hydrogens (tertiary/aromatic N) is 4. The van der Waals surface area contributed by atoms with Gasteiger partial charge in [-0.1, -0.05) is 18.2 Å². The van der Waals surface area contributed by atoms with Crippen LogP contribution in [0.1, 0.15) is 37.2 Å². The van der Waals surface area contributed by atoms with E-state index in [1.807, 2.05) is 30.5 Å². The van der Waals surface area contributed by atoms with Crippen molar-refractivity contribution in [2.45, 2.75) is 44.9 Å². The molecule has 168 valence electrons. The zero-order chi connectivity index (χ0) is 22.7. The second-order valence-corrected chi connectivity index (χ2v) is 8.83. The van der Waals surface area contributed by atoms with Crippen LogP contribution < -0.4 is 16.4 Å². The Bertz CT molecular complexity index is 1100. The van der Waals surface area contributed by atoms with Crippen LogP contribution in [0.25, 0.3) is 22.4 Å². The topological polar surface area (TPSA) is 131 Å². The Hall–Kier alpha value is -3.30. The second kappa shape index (κ2) is 9.05. The summed E-state index contributed by atoms with van der Waals surface area (Å²) < 4.78 is 1.72. The number of aliphatic hydroxyl groups is 1. The Labute approximate surface area is 187 Å². The summed E-state index contributed by atoms with van der Waals surface area (Å²) in [6.45, 7) is 5.59. The monoisotopic (exact) mass is 435 g/mol. The number of aromatic nitrogens is 4. The van der Waals surface area contributed by atoms with Gasteiger partial charge in [0.15, 0.2) is 11.5 Å². The molecule has 32 heavy (non-hydrogen) atoms. The van der Waals surface area contributed by atoms with Crippen molar-refractivity contribution in [1.29, 1.82) is 0 Å². The summed E-state index contributed by atoms with van der Waals surface area (Å²) in [5, 5.41) is 20.6. The number of nitrogen functional groups attached to an aromatic ring is 1. The minimum Gasteiger partial charge on any atom is -0.389 e. The fraction of sp³-hybridized carbons (Fsp3) is 0.391. The molecule has 1 amide bonds. The van der Waals surface area contributed by atoms with Gasteiger partial charge in [-0.25, -0.2) is 9.97 Å². The second-order valence-electron chi connectivity index (χ2n) is 8.83. The van der Waals surface area contributed by atoms with Gasteiger partial charge in [0.1, 0.15) is 0 Å². The summed E-state index contributed by atoms with van der Waals surface area (Å²) in [6.07, 6.45) is 7.17. The fourth-order valence-electron chi connectivity index (χ4n) is 3.79. The van der Waals surface area contributed by atoms with Gasteiger partial charge in [-0.2, -0.15) is 5.10 Å². The molecule has 9 heteroatoms. The number of benzene rings is 1. The van der Waals surface area contributed by atoms with E-state index in [1.165, 1.54) is 0 Å². The van der Waals surface area contributed by atoms with E-state index in [1.54, 1.807) is 30.9 Å². The lowest BCUT2D eigenvalue weighted by atomic mass is 10.0. The van der Waals surface area contributed by atoms with Crippen molar-refractivity contribution >= 4 is 11.7 Å². The molecule has 1 saturated heterocycles. The molecule has 1 atom stereocenters. The Balaban J connectivity index is 1.56. The predicted octanol–water partition coefficient (Wildman–Crippen LogP) is 1.84. The average molecular weight is 436 g/mol. The first kappa shape index (κ1) is 21.9. The number of nitrogens with one attached hydrogen (secondary N) is 2. The van der Waals surface area contributed by atoms with Crippen LogP contribution in [0.3, 0.4) is 0 Å². The first-order valence-electron chi connectivity index (χ1n) is 10.8. The van der Waals surface area contributed by atoms with Gasteiger partial charge in [-0.3, -0.25) is 9.48 Å². The molecule has 0 bridgehead atoms. The van der Waals surface area contributed by atoms with E-state index in [0.717, 1.165) is 42.6 Å². The largest absolute Gasteiger partial charge is 0.389 e. The number of hydrogen-bond donors (Lipinski definition) is 4. The molecular weight excluding hydrogens is 406 g/mol. The van der Waals surface area contributed by atoms with Crippen LogP contribution in [0, 0.1) is 0 Å². The minimum absolute atomic E-state index is 0.0601. The number of rotatable bonds is 6. The van der Waals surface area contributed by atoms with E-state index in [2.05, 4.69) is 25.7 Å². The van der Waals surface area contributed by atoms with Crippen LogP contribution in [-0.2, 0) is 6.54 Å². The molecular formula is C23H29N7O2. The van der Waals surface area contributed by atoms with Crippen molar-refractivity contribution in [3.8, 4) is 22.4 Å². The molecule has 1 aliphatic rings. The first-order valence-corrected chi connectivity index (χ1v) is 10.8. The highest BCUT2D eigenvalue weighted by atomic mass is 16.3. The van der Waals surface area contributed by atoms with Gasteiger partial charge in [0.05, 0.1) is 30.2 Å². The molecule has 1 unspecified atom stereocenters. The maximum Gasteiger partial charge on any atom is 0.274 e. The minimum atomic E-state index is -0.852. The Morgan fingerprint density at radius 1 is 1.31 bits per heavy atom. The maximum absolute atomic E-state index is 12.8. The summed E-state index contributed by atoms with van der Waals surface area (Å²) in [7, 11) is 0. The molecule has 3 heterocycles. The number of carbonyl (C=O) groups excluding carboxylic acids is 1. The van der Waals surface area contributed by atoms with Crippen molar-refractivity contribution in [1.82, 2.24) is 30.4 Å². The predicted molar refractivity (Wildman–Crippen MR) is 123 cm³/mol. The average Bonchev–Trinajstić information content (AvgIpc) is 3.21. The summed E-state index contributed by atoms with van der Waals surface area (Å²) in [6, 6.07) is 7.84. The lowest BCUT2D eigenvalue weighted by molar-refractivity contribution is 0.0577. The quantitative estimate of drug-likeness (QED) is 0.465. The van der Waals surface area contributed by atoms with Crippen LogP contribution in [-0.4, -0.2) is 55.5 Å². The molecule has 3 aromatic rings. The number of amides is 1. The normalized spacial score (nSPS) is 16.7. The zero-order valence-electron chi connectivity index (χ0n) is 18.4. The SMILES string of the molecule is CC(C)(O)Cn1cc(-c2cccc(-c3cnc(N)c(C(=O)NC4CCCNC4)n3)c2)cn1. The van der Waals surface area contributed by atoms with Crippen molar-refractivity contribution in [2.24, 2.45) is 0 Å². The molecule has 1 fully saturated rings. The van der Waals surface area contributed by atoms with Crippen molar-refractivity contribution in [3.05, 3.63) is 48.5 Å². The van der Waals surface area contributed by atoms with E-state index >= 15 is 0 Å². The van der Waals surface area contributed by atoms with Gasteiger partial charge in [0.2, 0.25) is 0 Å². The number of anilines is 1. The summed E-state index contributed by atoms with van der Waals surface area (Å²) >= 11 is 0. The Morgan fingerprint density at radius 2 is 2.12 bits per heavy atom. The van der Waals surface area contributed by atoms with Gasteiger partial charge in [-0.15, -0.1) is 0 Å². The number of hydrogen-bond acceptors (Lipinski definition) is 7. The van der Waals surface area contributed by atoms with E-state index in [4.69, 9.17) is 5.73 Å². The molecule has 1 aromatic carbocycles. The molecule has 0 aliphatic carbocycles. The molecule has 2 aromatic heterocycles. The van der Waals surface area contributed by atoms with Crippen LogP contribution in [0.4, 0.5) is 5.82 Å². The van der Waals surface area contributed by atoms with Crippen molar-refractivity contribution in [2.75, 3.05) is 18.8 Å². The highest BCUT2D eigenvalue weighted by Gasteiger charge is 2.20. The van der Waals surface area contributed by atoms with E-state index in [9.17, 15) is 9.90 Å². The standard InChI is InChI=1S/C23H29N7O2/c1-23(2,32)14-30-13-17(10-27-30)15-5-3-6-16(9-15)19-12-26-21(24)20(29-19)22(31)28-18-7-4-8-25-11-18/h3,5-6,9-10,12-13,18,25,32H,4,7-8,11,14H2,1-2H3,(H2,24,26)(H,28,31). The highest BCUT2D eigenvalue weighted by molar-refractivity contribution is 5.97. The first-order chi connectivity index (χ1) is 15.3. The fourth-order valence-corrected chi connectivity index (χ4v) is 3.79. The maximum atomic E-state index is 12.8. The van der Waals surface area contributed by atoms with Gasteiger partial charge >= 0.3 is 0 Å². The lowest BCUT2D eigenvalue weighted by Crippen LogP contribution is -2.46. The number of nitrogens with two attached hydrogens (primary N) is 1. The van der Waals surface area contributed by atoms with Crippen LogP contribution >= 0.6 is 0 Å². The van der Waals surface area contributed by atoms with Crippen molar-refractivity contribution < 1.29 is 9.90 Å². The molecule has 0 radical (unpaired) electrons. The van der Waals surface area contributed by atoms with Gasteiger partial charge < -0.3 is 21.5 Å². The van der Waals surface area contributed by atoms with E-state index in [-0.39, 0.29) is 23.5 Å². The van der Waals surface area contributed by atoms with E-state index in [0.29, 0.717) is 12.2 Å². The van der Waals surface area contributed by atoms with Crippen LogP contribution in [0.5, 0.6) is 0 Å². The van der Waals surface area contributed by atoms with E-state index < -0.39 is 5.60 Å². The van der Waals surface area contributed by atoms with Crippen molar-refractivity contribution in [3.63, 3.8) is 0 Å². The molecule has 0 spiro atoms. The number of piperidine rings is 1. The summed E-state index contributed by atoms with van der Waals surface area (Å²) in [5.41, 5.74) is 8.50. The Morgan fingerprint density at radius 3 is 2.88 bits per heavy atom. The molecule has 5 N–H and O–H groups in total. The third-order valence-electron chi connectivity index (χ3n) is 5.32. The lowest BCUT2D eigenvalue weighted by Gasteiger charge is -2.23. The van der Waals surface area contributed by atoms with Gasteiger partial charge in [0, 0.05) is 29.9 Å². The smallest absolute Gasteiger partial charge is 0.274 e. The third kappa shape index (κ3) is 5.30. The Kier molecular flexibility index (Phi) is 6.20. The molecule has 1 aliphatic heterocycles. The third-order valence-corrected chi connectivity index (χ3v) is 5.32. The van der Waals surface area contributed by atoms with Crippen LogP contribution in [0.15, 0.2) is 42.9 Å². The summed E-state index contributed by atoms with van der Waals surface area (Å²) in [4.78, 5) is 21.5. The van der Waals surface area contributed by atoms with Gasteiger partial charge in [-0.05, 0) is 44.9 Å². The zero-order valence-corrected chi connectivity index (χ0v) is 18.4. The molecule has 0 saturated carbocycles.